The van der Waals surface area contributed by atoms with Crippen molar-refractivity contribution >= 4 is 11.6 Å². The highest BCUT2D eigenvalue weighted by Crippen LogP contribution is 2.40. The molecule has 3 nitrogen and oxygen atoms in total. The Kier molecular flexibility index (Phi) is 7.04. The number of piperazine rings is 1. The van der Waals surface area contributed by atoms with Crippen LogP contribution < -0.4 is 10.1 Å². The van der Waals surface area contributed by atoms with Crippen LogP contribution in [0.5, 0.6) is 5.75 Å². The molecule has 3 aromatic carbocycles. The average molecular weight is 461 g/mol. The van der Waals surface area contributed by atoms with E-state index in [1.807, 2.05) is 54.6 Å². The van der Waals surface area contributed by atoms with Crippen molar-refractivity contribution in [3.05, 3.63) is 100 Å². The summed E-state index contributed by atoms with van der Waals surface area (Å²) in [5.74, 6) is 0.656. The minimum absolute atomic E-state index is 0.297. The Labute approximate surface area is 190 Å². The number of para-hydroxylation sites is 1. The molecule has 1 atom stereocenters. The van der Waals surface area contributed by atoms with E-state index in [1.54, 1.807) is 6.07 Å². The Bertz CT molecular complexity index is 1040. The largest absolute Gasteiger partial charge is 0.489 e. The molecule has 0 aliphatic carbocycles. The number of halogens is 4. The lowest BCUT2D eigenvalue weighted by Crippen LogP contribution is -2.45. The molecule has 4 rings (SSSR count). The van der Waals surface area contributed by atoms with E-state index >= 15 is 0 Å². The number of alkyl halides is 3. The van der Waals surface area contributed by atoms with Gasteiger partial charge in [0.2, 0.25) is 0 Å². The molecule has 1 fully saturated rings. The van der Waals surface area contributed by atoms with Crippen LogP contribution in [0, 0.1) is 0 Å². The molecule has 1 saturated heterocycles. The van der Waals surface area contributed by atoms with Crippen molar-refractivity contribution in [2.45, 2.75) is 18.8 Å². The summed E-state index contributed by atoms with van der Waals surface area (Å²) in [4.78, 5) is 2.19. The van der Waals surface area contributed by atoms with Crippen molar-refractivity contribution in [1.82, 2.24) is 10.2 Å². The van der Waals surface area contributed by atoms with Crippen molar-refractivity contribution in [3.63, 3.8) is 0 Å². The zero-order valence-corrected chi connectivity index (χ0v) is 18.2. The van der Waals surface area contributed by atoms with E-state index in [4.69, 9.17) is 16.3 Å². The molecule has 1 aliphatic heterocycles. The fraction of sp³-hybridized carbons (Fsp3) is 0.280. The summed E-state index contributed by atoms with van der Waals surface area (Å²) in [6.07, 6.45) is -4.52. The van der Waals surface area contributed by atoms with Crippen LogP contribution in [0.2, 0.25) is 5.02 Å². The van der Waals surface area contributed by atoms with Gasteiger partial charge in [0.25, 0.3) is 0 Å². The van der Waals surface area contributed by atoms with Crippen molar-refractivity contribution in [1.29, 1.82) is 0 Å². The van der Waals surface area contributed by atoms with Gasteiger partial charge in [-0.05, 0) is 29.3 Å². The summed E-state index contributed by atoms with van der Waals surface area (Å²) in [6.45, 7) is 3.33. The molecule has 0 saturated carbocycles. The first-order chi connectivity index (χ1) is 15.4. The Morgan fingerprint density at radius 2 is 1.62 bits per heavy atom. The number of hydrogen-bond acceptors (Lipinski definition) is 3. The fourth-order valence-corrected chi connectivity index (χ4v) is 4.26. The first-order valence-electron chi connectivity index (χ1n) is 10.5. The molecule has 0 aromatic heterocycles. The van der Waals surface area contributed by atoms with Crippen LogP contribution in [0.15, 0.2) is 72.8 Å². The molecule has 0 spiro atoms. The quantitative estimate of drug-likeness (QED) is 0.493. The van der Waals surface area contributed by atoms with E-state index in [0.29, 0.717) is 31.0 Å². The molecule has 32 heavy (non-hydrogen) atoms. The second-order valence-electron chi connectivity index (χ2n) is 7.74. The minimum atomic E-state index is -4.52. The zero-order chi connectivity index (χ0) is 22.6. The van der Waals surface area contributed by atoms with Crippen LogP contribution >= 0.6 is 11.6 Å². The van der Waals surface area contributed by atoms with E-state index < -0.39 is 11.7 Å². The number of ether oxygens (including phenoxy) is 1. The van der Waals surface area contributed by atoms with Crippen LogP contribution in [-0.2, 0) is 12.8 Å². The van der Waals surface area contributed by atoms with Gasteiger partial charge in [-0.25, -0.2) is 0 Å². The second-order valence-corrected chi connectivity index (χ2v) is 8.14. The van der Waals surface area contributed by atoms with Gasteiger partial charge in [-0.15, -0.1) is 0 Å². The number of rotatable bonds is 6. The molecule has 7 heteroatoms. The summed E-state index contributed by atoms with van der Waals surface area (Å²) < 4.78 is 46.9. The van der Waals surface area contributed by atoms with Crippen LogP contribution in [0.4, 0.5) is 13.2 Å². The number of hydrogen-bond donors (Lipinski definition) is 1. The maximum Gasteiger partial charge on any atom is 0.417 e. The SMILES string of the molecule is FC(F)(F)c1cc(C(c2ccccc2OCc2ccccc2)N2CCNCC2)ccc1Cl. The standard InChI is InChI=1S/C25H24ClF3N2O/c26-22-11-10-19(16-21(22)25(27,28)29)24(31-14-12-30-13-15-31)20-8-4-5-9-23(20)32-17-18-6-2-1-3-7-18/h1-11,16,24,30H,12-15,17H2. The highest BCUT2D eigenvalue weighted by molar-refractivity contribution is 6.31. The van der Waals surface area contributed by atoms with Crippen molar-refractivity contribution in [2.24, 2.45) is 0 Å². The first-order valence-corrected chi connectivity index (χ1v) is 10.9. The topological polar surface area (TPSA) is 24.5 Å². The van der Waals surface area contributed by atoms with Crippen LogP contribution in [0.3, 0.4) is 0 Å². The molecule has 1 heterocycles. The number of benzene rings is 3. The molecular formula is C25H24ClF3N2O. The summed E-state index contributed by atoms with van der Waals surface area (Å²) in [6, 6.07) is 21.1. The predicted octanol–water partition coefficient (Wildman–Crippen LogP) is 5.93. The van der Waals surface area contributed by atoms with Gasteiger partial charge in [0.15, 0.2) is 0 Å². The molecule has 0 radical (unpaired) electrons. The first kappa shape index (κ1) is 22.6. The van der Waals surface area contributed by atoms with Gasteiger partial charge in [-0.2, -0.15) is 13.2 Å². The minimum Gasteiger partial charge on any atom is -0.489 e. The Morgan fingerprint density at radius 3 is 2.34 bits per heavy atom. The van der Waals surface area contributed by atoms with Crippen molar-refractivity contribution in [3.8, 4) is 5.75 Å². The molecule has 1 aliphatic rings. The maximum atomic E-state index is 13.6. The third-order valence-electron chi connectivity index (χ3n) is 5.58. The van der Waals surface area contributed by atoms with E-state index in [0.717, 1.165) is 24.2 Å². The molecule has 0 bridgehead atoms. The summed E-state index contributed by atoms with van der Waals surface area (Å²) in [5.41, 5.74) is 1.58. The predicted molar refractivity (Wildman–Crippen MR) is 120 cm³/mol. The van der Waals surface area contributed by atoms with E-state index in [1.165, 1.54) is 12.1 Å². The molecule has 0 amide bonds. The Morgan fingerprint density at radius 1 is 0.938 bits per heavy atom. The maximum absolute atomic E-state index is 13.6. The molecule has 168 valence electrons. The van der Waals surface area contributed by atoms with Gasteiger partial charge in [0.05, 0.1) is 16.6 Å². The van der Waals surface area contributed by atoms with Gasteiger partial charge in [-0.1, -0.05) is 66.2 Å². The molecular weight excluding hydrogens is 437 g/mol. The van der Waals surface area contributed by atoms with Gasteiger partial charge in [-0.3, -0.25) is 4.90 Å². The van der Waals surface area contributed by atoms with Crippen LogP contribution in [0.25, 0.3) is 0 Å². The lowest BCUT2D eigenvalue weighted by molar-refractivity contribution is -0.137. The molecule has 1 unspecified atom stereocenters. The van der Waals surface area contributed by atoms with Crippen LogP contribution in [0.1, 0.15) is 28.3 Å². The van der Waals surface area contributed by atoms with Gasteiger partial charge in [0, 0.05) is 31.7 Å². The Balaban J connectivity index is 1.74. The highest BCUT2D eigenvalue weighted by Gasteiger charge is 2.35. The van der Waals surface area contributed by atoms with Gasteiger partial charge >= 0.3 is 6.18 Å². The number of nitrogens with one attached hydrogen (secondary N) is 1. The third-order valence-corrected chi connectivity index (χ3v) is 5.91. The fourth-order valence-electron chi connectivity index (χ4n) is 4.03. The van der Waals surface area contributed by atoms with E-state index in [9.17, 15) is 13.2 Å². The average Bonchev–Trinajstić information content (AvgIpc) is 2.80. The van der Waals surface area contributed by atoms with Gasteiger partial charge in [0.1, 0.15) is 12.4 Å². The smallest absolute Gasteiger partial charge is 0.417 e. The Hall–Kier alpha value is -2.54. The lowest BCUT2D eigenvalue weighted by atomic mass is 9.94. The lowest BCUT2D eigenvalue weighted by Gasteiger charge is -2.36. The zero-order valence-electron chi connectivity index (χ0n) is 17.4. The highest BCUT2D eigenvalue weighted by atomic mass is 35.5. The van der Waals surface area contributed by atoms with Gasteiger partial charge < -0.3 is 10.1 Å². The summed E-state index contributed by atoms with van der Waals surface area (Å²) in [7, 11) is 0. The van der Waals surface area contributed by atoms with Crippen molar-refractivity contribution in [2.75, 3.05) is 26.2 Å². The van der Waals surface area contributed by atoms with Crippen LogP contribution in [-0.4, -0.2) is 31.1 Å². The monoisotopic (exact) mass is 460 g/mol. The van der Waals surface area contributed by atoms with Crippen molar-refractivity contribution < 1.29 is 17.9 Å². The molecule has 3 aromatic rings. The summed E-state index contributed by atoms with van der Waals surface area (Å²) in [5, 5.41) is 3.01. The van der Waals surface area contributed by atoms with E-state index in [-0.39, 0.29) is 11.1 Å². The third kappa shape index (κ3) is 5.26. The molecule has 1 N–H and O–H groups in total. The summed E-state index contributed by atoms with van der Waals surface area (Å²) >= 11 is 5.90. The number of nitrogens with zero attached hydrogens (tertiary/aromatic N) is 1. The normalized spacial score (nSPS) is 16.0. The van der Waals surface area contributed by atoms with E-state index in [2.05, 4.69) is 10.2 Å². The second kappa shape index (κ2) is 9.94.